The van der Waals surface area contributed by atoms with E-state index in [1.54, 1.807) is 13.0 Å². The Labute approximate surface area is 203 Å². The molecule has 0 spiro atoms. The number of nitrogens with zero attached hydrogens (tertiary/aromatic N) is 1. The molecule has 7 heteroatoms. The smallest absolute Gasteiger partial charge is 0.406 e. The maximum absolute atomic E-state index is 11.7. The number of alkyl halides is 3. The van der Waals surface area contributed by atoms with Crippen LogP contribution in [0.4, 0.5) is 19.0 Å². The summed E-state index contributed by atoms with van der Waals surface area (Å²) in [7, 11) is 0. The fraction of sp³-hybridized carbons (Fsp3) is 0.250. The standard InChI is InChI=1S/C20H22N2O.C8H7F3O/c1-14-4-3-5-18-10-12-21-20(19(14)18)22-15(2)17-8-6-16(7-9-17)11-13-23;1-6-3-2-4-7(5-6)12-8(9,10)11/h3-10,12,15,23H,11,13H2,1-2H3,(H,21,22);2-5H,1H3. The lowest BCUT2D eigenvalue weighted by molar-refractivity contribution is -0.274. The first-order valence-electron chi connectivity index (χ1n) is 11.3. The summed E-state index contributed by atoms with van der Waals surface area (Å²) in [5.41, 5.74) is 4.32. The van der Waals surface area contributed by atoms with Crippen LogP contribution in [0.25, 0.3) is 10.8 Å². The number of rotatable bonds is 6. The van der Waals surface area contributed by atoms with Gasteiger partial charge in [0.05, 0.1) is 0 Å². The highest BCUT2D eigenvalue weighted by molar-refractivity contribution is 5.94. The van der Waals surface area contributed by atoms with E-state index in [1.807, 2.05) is 12.3 Å². The highest BCUT2D eigenvalue weighted by Crippen LogP contribution is 2.28. The van der Waals surface area contributed by atoms with Gasteiger partial charge in [-0.3, -0.25) is 0 Å². The average molecular weight is 483 g/mol. The van der Waals surface area contributed by atoms with Crippen molar-refractivity contribution in [2.75, 3.05) is 11.9 Å². The molecule has 1 aromatic heterocycles. The summed E-state index contributed by atoms with van der Waals surface area (Å²) in [5.74, 6) is 0.745. The van der Waals surface area contributed by atoms with Crippen molar-refractivity contribution >= 4 is 16.6 Å². The zero-order chi connectivity index (χ0) is 25.4. The van der Waals surface area contributed by atoms with Gasteiger partial charge in [-0.2, -0.15) is 0 Å². The Kier molecular flexibility index (Phi) is 8.71. The van der Waals surface area contributed by atoms with E-state index in [1.165, 1.54) is 40.1 Å². The number of hydrogen-bond donors (Lipinski definition) is 2. The number of anilines is 1. The number of fused-ring (bicyclic) bond motifs is 1. The summed E-state index contributed by atoms with van der Waals surface area (Å²) >= 11 is 0. The number of benzene rings is 3. The van der Waals surface area contributed by atoms with E-state index >= 15 is 0 Å². The van der Waals surface area contributed by atoms with Gasteiger partial charge in [0.25, 0.3) is 0 Å². The van der Waals surface area contributed by atoms with E-state index < -0.39 is 6.36 Å². The second-order valence-corrected chi connectivity index (χ2v) is 8.28. The quantitative estimate of drug-likeness (QED) is 0.307. The SMILES string of the molecule is Cc1cccc(OC(F)(F)F)c1.Cc1cccc2ccnc(NC(C)c3ccc(CCO)cc3)c12. The van der Waals surface area contributed by atoms with E-state index in [0.29, 0.717) is 6.42 Å². The molecule has 0 amide bonds. The van der Waals surface area contributed by atoms with E-state index in [9.17, 15) is 13.2 Å². The van der Waals surface area contributed by atoms with E-state index in [2.05, 4.69) is 71.3 Å². The van der Waals surface area contributed by atoms with Crippen LogP contribution < -0.4 is 10.1 Å². The molecule has 184 valence electrons. The molecule has 1 unspecified atom stereocenters. The van der Waals surface area contributed by atoms with Crippen LogP contribution in [0.1, 0.15) is 35.2 Å². The van der Waals surface area contributed by atoms with Crippen molar-refractivity contribution in [3.05, 3.63) is 101 Å². The van der Waals surface area contributed by atoms with Crippen molar-refractivity contribution in [1.82, 2.24) is 4.98 Å². The first-order valence-corrected chi connectivity index (χ1v) is 11.3. The normalized spacial score (nSPS) is 12.0. The van der Waals surface area contributed by atoms with Gasteiger partial charge in [-0.05, 0) is 73.0 Å². The summed E-state index contributed by atoms with van der Waals surface area (Å²) in [6.45, 7) is 6.14. The Morgan fingerprint density at radius 3 is 2.34 bits per heavy atom. The fourth-order valence-corrected chi connectivity index (χ4v) is 3.72. The first-order chi connectivity index (χ1) is 16.7. The molecule has 0 aliphatic heterocycles. The lowest BCUT2D eigenvalue weighted by Gasteiger charge is -2.17. The Morgan fingerprint density at radius 1 is 0.971 bits per heavy atom. The molecule has 1 heterocycles. The van der Waals surface area contributed by atoms with Crippen LogP contribution in [0.5, 0.6) is 5.75 Å². The van der Waals surface area contributed by atoms with Crippen LogP contribution in [-0.2, 0) is 6.42 Å². The summed E-state index contributed by atoms with van der Waals surface area (Å²) in [6, 6.07) is 22.7. The van der Waals surface area contributed by atoms with Crippen LogP contribution in [0, 0.1) is 13.8 Å². The number of ether oxygens (including phenoxy) is 1. The van der Waals surface area contributed by atoms with Crippen LogP contribution in [0.3, 0.4) is 0 Å². The number of aliphatic hydroxyl groups is 1. The van der Waals surface area contributed by atoms with Crippen molar-refractivity contribution in [2.24, 2.45) is 0 Å². The average Bonchev–Trinajstić information content (AvgIpc) is 2.79. The van der Waals surface area contributed by atoms with Crippen molar-refractivity contribution in [1.29, 1.82) is 0 Å². The molecule has 4 rings (SSSR count). The topological polar surface area (TPSA) is 54.4 Å². The predicted molar refractivity (Wildman–Crippen MR) is 134 cm³/mol. The minimum atomic E-state index is -4.60. The summed E-state index contributed by atoms with van der Waals surface area (Å²) in [6.07, 6.45) is -2.05. The van der Waals surface area contributed by atoms with Crippen molar-refractivity contribution < 1.29 is 23.0 Å². The van der Waals surface area contributed by atoms with Crippen LogP contribution >= 0.6 is 0 Å². The summed E-state index contributed by atoms with van der Waals surface area (Å²) < 4.78 is 38.6. The monoisotopic (exact) mass is 482 g/mol. The molecule has 0 bridgehead atoms. The van der Waals surface area contributed by atoms with E-state index in [4.69, 9.17) is 5.11 Å². The summed E-state index contributed by atoms with van der Waals surface area (Å²) in [5, 5.41) is 14.9. The molecule has 0 saturated carbocycles. The van der Waals surface area contributed by atoms with Gasteiger partial charge in [0.15, 0.2) is 0 Å². The third kappa shape index (κ3) is 7.72. The molecule has 1 atom stereocenters. The number of aromatic nitrogens is 1. The van der Waals surface area contributed by atoms with Gasteiger partial charge in [-0.15, -0.1) is 13.2 Å². The Hall–Kier alpha value is -3.58. The maximum atomic E-state index is 11.7. The molecule has 0 saturated heterocycles. The fourth-order valence-electron chi connectivity index (χ4n) is 3.72. The van der Waals surface area contributed by atoms with E-state index in [0.717, 1.165) is 16.9 Å². The number of halogens is 3. The molecular formula is C28H29F3N2O2. The van der Waals surface area contributed by atoms with Gasteiger partial charge >= 0.3 is 6.36 Å². The molecule has 4 nitrogen and oxygen atoms in total. The minimum absolute atomic E-state index is 0.163. The number of pyridine rings is 1. The zero-order valence-corrected chi connectivity index (χ0v) is 19.9. The van der Waals surface area contributed by atoms with Gasteiger partial charge in [0.1, 0.15) is 11.6 Å². The zero-order valence-electron chi connectivity index (χ0n) is 19.9. The number of aliphatic hydroxyl groups excluding tert-OH is 1. The molecular weight excluding hydrogens is 453 g/mol. The molecule has 0 fully saturated rings. The Morgan fingerprint density at radius 2 is 1.69 bits per heavy atom. The van der Waals surface area contributed by atoms with Crippen molar-refractivity contribution in [3.8, 4) is 5.75 Å². The third-order valence-electron chi connectivity index (χ3n) is 5.46. The largest absolute Gasteiger partial charge is 0.573 e. The second-order valence-electron chi connectivity index (χ2n) is 8.28. The molecule has 4 aromatic rings. The van der Waals surface area contributed by atoms with E-state index in [-0.39, 0.29) is 18.4 Å². The molecule has 0 aliphatic rings. The Bertz CT molecular complexity index is 1240. The lowest BCUT2D eigenvalue weighted by Crippen LogP contribution is -2.17. The van der Waals surface area contributed by atoms with Gasteiger partial charge in [0.2, 0.25) is 0 Å². The Balaban J connectivity index is 0.000000241. The number of nitrogens with one attached hydrogen (secondary N) is 1. The molecule has 0 radical (unpaired) electrons. The predicted octanol–water partition coefficient (Wildman–Crippen LogP) is 7.14. The van der Waals surface area contributed by atoms with Gasteiger partial charge in [0, 0.05) is 24.2 Å². The van der Waals surface area contributed by atoms with Gasteiger partial charge < -0.3 is 15.2 Å². The maximum Gasteiger partial charge on any atom is 0.573 e. The second kappa shape index (κ2) is 11.7. The molecule has 2 N–H and O–H groups in total. The minimum Gasteiger partial charge on any atom is -0.406 e. The molecule has 35 heavy (non-hydrogen) atoms. The van der Waals surface area contributed by atoms with Gasteiger partial charge in [-0.25, -0.2) is 4.98 Å². The molecule has 0 aliphatic carbocycles. The summed E-state index contributed by atoms with van der Waals surface area (Å²) in [4.78, 5) is 4.54. The number of aryl methyl sites for hydroxylation is 2. The third-order valence-corrected chi connectivity index (χ3v) is 5.46. The van der Waals surface area contributed by atoms with Crippen LogP contribution in [-0.4, -0.2) is 23.1 Å². The van der Waals surface area contributed by atoms with Crippen molar-refractivity contribution in [2.45, 2.75) is 39.6 Å². The van der Waals surface area contributed by atoms with Crippen LogP contribution in [0.2, 0.25) is 0 Å². The number of hydrogen-bond acceptors (Lipinski definition) is 4. The van der Waals surface area contributed by atoms with Gasteiger partial charge in [-0.1, -0.05) is 54.6 Å². The van der Waals surface area contributed by atoms with Crippen LogP contribution in [0.15, 0.2) is 79.0 Å². The lowest BCUT2D eigenvalue weighted by atomic mass is 10.0. The highest BCUT2D eigenvalue weighted by atomic mass is 19.4. The molecule has 3 aromatic carbocycles. The van der Waals surface area contributed by atoms with Crippen molar-refractivity contribution in [3.63, 3.8) is 0 Å². The highest BCUT2D eigenvalue weighted by Gasteiger charge is 2.30. The first kappa shape index (κ1) is 26.0.